The fourth-order valence-electron chi connectivity index (χ4n) is 1.30. The molecule has 2 fully saturated rings. The Morgan fingerprint density at radius 1 is 1.33 bits per heavy atom. The topological polar surface area (TPSA) is 12.5 Å². The summed E-state index contributed by atoms with van der Waals surface area (Å²) in [6, 6.07) is 0. The Morgan fingerprint density at radius 3 is 2.22 bits per heavy atom. The molecule has 0 aromatic rings. The molecule has 1 nitrogen and oxygen atoms in total. The second-order valence-corrected chi connectivity index (χ2v) is 2.90. The van der Waals surface area contributed by atoms with Crippen molar-refractivity contribution >= 4 is 0 Å². The molecule has 1 saturated heterocycles. The van der Waals surface area contributed by atoms with Gasteiger partial charge in [0.1, 0.15) is 0 Å². The predicted octanol–water partition coefficient (Wildman–Crippen LogP) is 1.43. The van der Waals surface area contributed by atoms with Crippen molar-refractivity contribution in [3.63, 3.8) is 0 Å². The van der Waals surface area contributed by atoms with Crippen molar-refractivity contribution in [2.45, 2.75) is 24.9 Å². The number of rotatable bonds is 1. The predicted molar refractivity (Wildman–Crippen MR) is 27.4 cm³/mol. The summed E-state index contributed by atoms with van der Waals surface area (Å²) in [5.41, 5.74) is 0. The molecule has 2 aliphatic rings. The van der Waals surface area contributed by atoms with E-state index in [0.717, 1.165) is 0 Å². The summed E-state index contributed by atoms with van der Waals surface area (Å²) >= 11 is 0. The zero-order valence-corrected chi connectivity index (χ0v) is 4.94. The molecule has 0 amide bonds. The van der Waals surface area contributed by atoms with Crippen molar-refractivity contribution in [1.29, 1.82) is 0 Å². The van der Waals surface area contributed by atoms with E-state index in [1.807, 2.05) is 0 Å². The molecule has 9 heavy (non-hydrogen) atoms. The molecular formula is C6H8F2O. The third-order valence-electron chi connectivity index (χ3n) is 2.01. The molecule has 1 unspecified atom stereocenters. The van der Waals surface area contributed by atoms with Crippen LogP contribution in [0.2, 0.25) is 0 Å². The first-order valence-electron chi connectivity index (χ1n) is 3.17. The molecular weight excluding hydrogens is 126 g/mol. The van der Waals surface area contributed by atoms with Gasteiger partial charge in [0.05, 0.1) is 12.7 Å². The van der Waals surface area contributed by atoms with Crippen LogP contribution in [0.4, 0.5) is 8.78 Å². The number of hydrogen-bond donors (Lipinski definition) is 0. The highest BCUT2D eigenvalue weighted by Gasteiger charge is 2.52. The maximum Gasteiger partial charge on any atom is 0.248 e. The number of hydrogen-bond acceptors (Lipinski definition) is 1. The van der Waals surface area contributed by atoms with Crippen LogP contribution in [-0.2, 0) is 4.74 Å². The molecule has 1 heterocycles. The van der Waals surface area contributed by atoms with Crippen LogP contribution >= 0.6 is 0 Å². The quantitative estimate of drug-likeness (QED) is 0.494. The summed E-state index contributed by atoms with van der Waals surface area (Å²) in [7, 11) is 0. The van der Waals surface area contributed by atoms with Crippen molar-refractivity contribution in [3.8, 4) is 0 Å². The zero-order valence-electron chi connectivity index (χ0n) is 4.94. The molecule has 1 aliphatic heterocycles. The van der Waals surface area contributed by atoms with Gasteiger partial charge in [0.25, 0.3) is 0 Å². The SMILES string of the molecule is FC1(F)CC(C2CO2)C1. The highest BCUT2D eigenvalue weighted by atomic mass is 19.3. The van der Waals surface area contributed by atoms with Crippen LogP contribution in [0.1, 0.15) is 12.8 Å². The maximum atomic E-state index is 12.1. The first-order chi connectivity index (χ1) is 4.17. The lowest BCUT2D eigenvalue weighted by Gasteiger charge is -2.33. The highest BCUT2D eigenvalue weighted by molar-refractivity contribution is 4.94. The Balaban J connectivity index is 1.83. The lowest BCUT2D eigenvalue weighted by atomic mass is 9.79. The highest BCUT2D eigenvalue weighted by Crippen LogP contribution is 2.47. The first kappa shape index (κ1) is 5.59. The lowest BCUT2D eigenvalue weighted by molar-refractivity contribution is -0.116. The molecule has 1 aliphatic carbocycles. The van der Waals surface area contributed by atoms with E-state index in [1.165, 1.54) is 0 Å². The minimum atomic E-state index is -2.36. The van der Waals surface area contributed by atoms with Crippen LogP contribution in [0, 0.1) is 5.92 Å². The first-order valence-corrected chi connectivity index (χ1v) is 3.17. The third-order valence-corrected chi connectivity index (χ3v) is 2.01. The summed E-state index contributed by atoms with van der Waals surface area (Å²) in [4.78, 5) is 0. The summed E-state index contributed by atoms with van der Waals surface area (Å²) in [5.74, 6) is -2.20. The van der Waals surface area contributed by atoms with Gasteiger partial charge in [0.2, 0.25) is 5.92 Å². The van der Waals surface area contributed by atoms with Gasteiger partial charge in [-0.15, -0.1) is 0 Å². The lowest BCUT2D eigenvalue weighted by Crippen LogP contribution is -2.38. The molecule has 52 valence electrons. The summed E-state index contributed by atoms with van der Waals surface area (Å²) in [5, 5.41) is 0. The average Bonchev–Trinajstić information content (AvgIpc) is 2.37. The van der Waals surface area contributed by atoms with Gasteiger partial charge in [0.15, 0.2) is 0 Å². The molecule has 0 N–H and O–H groups in total. The van der Waals surface area contributed by atoms with E-state index in [2.05, 4.69) is 0 Å². The van der Waals surface area contributed by atoms with E-state index >= 15 is 0 Å². The fraction of sp³-hybridized carbons (Fsp3) is 1.00. The van der Waals surface area contributed by atoms with Gasteiger partial charge in [-0.05, 0) is 5.92 Å². The molecule has 0 aromatic heterocycles. The number of epoxide rings is 1. The maximum absolute atomic E-state index is 12.1. The van der Waals surface area contributed by atoms with E-state index in [0.29, 0.717) is 6.61 Å². The molecule has 0 bridgehead atoms. The van der Waals surface area contributed by atoms with E-state index < -0.39 is 5.92 Å². The minimum Gasteiger partial charge on any atom is -0.373 e. The van der Waals surface area contributed by atoms with E-state index in [9.17, 15) is 8.78 Å². The largest absolute Gasteiger partial charge is 0.373 e. The number of ether oxygens (including phenoxy) is 1. The van der Waals surface area contributed by atoms with Crippen molar-refractivity contribution in [3.05, 3.63) is 0 Å². The van der Waals surface area contributed by atoms with Crippen molar-refractivity contribution in [2.24, 2.45) is 5.92 Å². The van der Waals surface area contributed by atoms with Crippen LogP contribution in [0.5, 0.6) is 0 Å². The van der Waals surface area contributed by atoms with Crippen LogP contribution in [-0.4, -0.2) is 18.6 Å². The van der Waals surface area contributed by atoms with Crippen molar-refractivity contribution < 1.29 is 13.5 Å². The standard InChI is InChI=1S/C6H8F2O/c7-6(8)1-4(2-6)5-3-9-5/h4-5H,1-3H2. The van der Waals surface area contributed by atoms with Gasteiger partial charge in [-0.1, -0.05) is 0 Å². The Hall–Kier alpha value is -0.180. The molecule has 1 saturated carbocycles. The minimum absolute atomic E-state index is 0.0532. The number of halogens is 2. The number of alkyl halides is 2. The second kappa shape index (κ2) is 1.45. The van der Waals surface area contributed by atoms with Gasteiger partial charge < -0.3 is 4.74 Å². The average molecular weight is 134 g/mol. The van der Waals surface area contributed by atoms with Crippen LogP contribution < -0.4 is 0 Å². The fourth-order valence-corrected chi connectivity index (χ4v) is 1.30. The molecule has 0 radical (unpaired) electrons. The van der Waals surface area contributed by atoms with Crippen LogP contribution in [0.15, 0.2) is 0 Å². The van der Waals surface area contributed by atoms with Crippen molar-refractivity contribution in [1.82, 2.24) is 0 Å². The normalized spacial score (nSPS) is 40.0. The summed E-state index contributed by atoms with van der Waals surface area (Å²) < 4.78 is 29.1. The Labute approximate surface area is 52.0 Å². The van der Waals surface area contributed by atoms with Crippen molar-refractivity contribution in [2.75, 3.05) is 6.61 Å². The second-order valence-electron chi connectivity index (χ2n) is 2.90. The van der Waals surface area contributed by atoms with E-state index in [4.69, 9.17) is 4.74 Å². The smallest absolute Gasteiger partial charge is 0.248 e. The molecule has 1 atom stereocenters. The summed E-state index contributed by atoms with van der Waals surface area (Å²) in [6.45, 7) is 0.709. The van der Waals surface area contributed by atoms with Gasteiger partial charge in [0, 0.05) is 12.8 Å². The third kappa shape index (κ3) is 0.936. The summed E-state index contributed by atoms with van der Waals surface area (Å²) in [6.07, 6.45) is 0.291. The molecule has 0 aromatic carbocycles. The Bertz CT molecular complexity index is 123. The van der Waals surface area contributed by atoms with E-state index in [-0.39, 0.29) is 24.9 Å². The molecule has 0 spiro atoms. The monoisotopic (exact) mass is 134 g/mol. The Kier molecular flexibility index (Phi) is 0.903. The molecule has 3 heteroatoms. The van der Waals surface area contributed by atoms with Crippen LogP contribution in [0.3, 0.4) is 0 Å². The Morgan fingerprint density at radius 2 is 1.89 bits per heavy atom. The zero-order chi connectivity index (χ0) is 6.48. The van der Waals surface area contributed by atoms with Gasteiger partial charge in [-0.3, -0.25) is 0 Å². The van der Waals surface area contributed by atoms with E-state index in [1.54, 1.807) is 0 Å². The van der Waals surface area contributed by atoms with Gasteiger partial charge in [-0.25, -0.2) is 8.78 Å². The van der Waals surface area contributed by atoms with Gasteiger partial charge >= 0.3 is 0 Å². The van der Waals surface area contributed by atoms with Gasteiger partial charge in [-0.2, -0.15) is 0 Å². The molecule has 2 rings (SSSR count). The van der Waals surface area contributed by atoms with Crippen LogP contribution in [0.25, 0.3) is 0 Å².